The van der Waals surface area contributed by atoms with Crippen molar-refractivity contribution in [2.24, 2.45) is 5.92 Å². The molecule has 2 fully saturated rings. The average molecular weight is 294 g/mol. The van der Waals surface area contributed by atoms with Gasteiger partial charge in [0.25, 0.3) is 0 Å². The molecule has 22 heavy (non-hydrogen) atoms. The molecule has 0 spiro atoms. The van der Waals surface area contributed by atoms with E-state index in [1.165, 1.54) is 30.5 Å². The highest BCUT2D eigenvalue weighted by Crippen LogP contribution is 2.57. The number of fused-ring (bicyclic) bond motifs is 3. The first kappa shape index (κ1) is 12.9. The molecule has 0 radical (unpaired) electrons. The summed E-state index contributed by atoms with van der Waals surface area (Å²) in [4.78, 5) is 6.46. The number of rotatable bonds is 2. The van der Waals surface area contributed by atoms with Crippen LogP contribution in [0.15, 0.2) is 48.7 Å². The van der Waals surface area contributed by atoms with Crippen molar-refractivity contribution >= 4 is 0 Å². The number of aromatic nitrogens is 1. The van der Waals surface area contributed by atoms with E-state index in [1.54, 1.807) is 0 Å². The molecule has 1 aromatic carbocycles. The van der Waals surface area contributed by atoms with E-state index in [4.69, 9.17) is 4.84 Å². The first-order valence-electron chi connectivity index (χ1n) is 8.51. The van der Waals surface area contributed by atoms with Crippen LogP contribution in [-0.2, 0) is 4.84 Å². The Morgan fingerprint density at radius 2 is 1.95 bits per heavy atom. The second-order valence-electron chi connectivity index (χ2n) is 6.95. The van der Waals surface area contributed by atoms with Crippen molar-refractivity contribution in [3.8, 4) is 0 Å². The summed E-state index contributed by atoms with van der Waals surface area (Å²) in [7, 11) is 0. The Labute approximate surface area is 131 Å². The van der Waals surface area contributed by atoms with Gasteiger partial charge in [0.15, 0.2) is 0 Å². The molecule has 0 unspecified atom stereocenters. The van der Waals surface area contributed by atoms with Gasteiger partial charge in [-0.15, -0.1) is 0 Å². The van der Waals surface area contributed by atoms with Crippen LogP contribution >= 0.6 is 0 Å². The van der Waals surface area contributed by atoms with Gasteiger partial charge in [-0.3, -0.25) is 4.84 Å². The molecule has 0 amide bonds. The average Bonchev–Trinajstić information content (AvgIpc) is 3.24. The number of benzene rings is 1. The van der Waals surface area contributed by atoms with Crippen LogP contribution in [0.4, 0.5) is 0 Å². The summed E-state index contributed by atoms with van der Waals surface area (Å²) in [5.74, 6) is 0.635. The lowest BCUT2D eigenvalue weighted by atomic mass is 9.80. The van der Waals surface area contributed by atoms with Gasteiger partial charge >= 0.3 is 0 Å². The van der Waals surface area contributed by atoms with Crippen molar-refractivity contribution in [2.45, 2.75) is 50.4 Å². The lowest BCUT2D eigenvalue weighted by Gasteiger charge is -2.30. The van der Waals surface area contributed by atoms with Crippen LogP contribution in [0.1, 0.15) is 55.6 Å². The molecule has 3 aliphatic rings. The fourth-order valence-corrected chi connectivity index (χ4v) is 4.91. The summed E-state index contributed by atoms with van der Waals surface area (Å²) in [6.45, 7) is 2.27. The third kappa shape index (κ3) is 1.64. The van der Waals surface area contributed by atoms with Crippen LogP contribution in [0.2, 0.25) is 0 Å². The van der Waals surface area contributed by atoms with E-state index in [9.17, 15) is 0 Å². The summed E-state index contributed by atoms with van der Waals surface area (Å²) in [5, 5.41) is 2.29. The Kier molecular flexibility index (Phi) is 2.76. The van der Waals surface area contributed by atoms with E-state index in [0.717, 1.165) is 0 Å². The highest BCUT2D eigenvalue weighted by atomic mass is 16.7. The van der Waals surface area contributed by atoms with Crippen LogP contribution in [0.3, 0.4) is 0 Å². The minimum absolute atomic E-state index is 0.291. The molecule has 0 bridgehead atoms. The summed E-state index contributed by atoms with van der Waals surface area (Å²) in [5.41, 5.74) is 2.78. The molecule has 2 aromatic rings. The molecular formula is C19H22N2O. The molecule has 3 heterocycles. The van der Waals surface area contributed by atoms with E-state index < -0.39 is 0 Å². The smallest absolute Gasteiger partial charge is 0.0861 e. The van der Waals surface area contributed by atoms with Crippen molar-refractivity contribution in [3.05, 3.63) is 59.9 Å². The molecule has 5 atom stereocenters. The second kappa shape index (κ2) is 4.71. The number of nitrogens with zero attached hydrogens (tertiary/aromatic N) is 2. The minimum Gasteiger partial charge on any atom is -0.346 e. The van der Waals surface area contributed by atoms with Gasteiger partial charge in [0.2, 0.25) is 0 Å². The quantitative estimate of drug-likeness (QED) is 0.823. The molecule has 1 saturated carbocycles. The molecule has 0 N–H and O–H groups in total. The zero-order chi connectivity index (χ0) is 14.7. The molecule has 1 aromatic heterocycles. The Hall–Kier alpha value is -1.58. The van der Waals surface area contributed by atoms with Gasteiger partial charge in [-0.1, -0.05) is 30.3 Å². The number of hydrogen-bond acceptors (Lipinski definition) is 2. The van der Waals surface area contributed by atoms with Crippen LogP contribution in [0.25, 0.3) is 0 Å². The van der Waals surface area contributed by atoms with E-state index in [2.05, 4.69) is 65.2 Å². The largest absolute Gasteiger partial charge is 0.346 e. The first-order chi connectivity index (χ1) is 10.8. The second-order valence-corrected chi connectivity index (χ2v) is 6.95. The van der Waals surface area contributed by atoms with Gasteiger partial charge in [0.05, 0.1) is 18.2 Å². The maximum absolute atomic E-state index is 6.46. The number of hydrogen-bond donors (Lipinski definition) is 0. The molecule has 1 saturated heterocycles. The minimum atomic E-state index is 0.291. The summed E-state index contributed by atoms with van der Waals surface area (Å²) in [6, 6.07) is 16.6. The standard InChI is InChI=1S/C19H22N2O/c1-13(14-7-3-2-4-8-14)21-19-16-10-6-12-20(16)15-9-5-11-17(22-21)18(15)19/h2-4,6-8,10,12-13,15,17-19H,5,9,11H2,1H3/t13-,15+,17-,18+,19+/m1/s1. The van der Waals surface area contributed by atoms with Gasteiger partial charge in [0.1, 0.15) is 0 Å². The highest BCUT2D eigenvalue weighted by Gasteiger charge is 2.56. The monoisotopic (exact) mass is 294 g/mol. The first-order valence-corrected chi connectivity index (χ1v) is 8.51. The molecule has 3 nitrogen and oxygen atoms in total. The predicted octanol–water partition coefficient (Wildman–Crippen LogP) is 4.26. The van der Waals surface area contributed by atoms with E-state index in [1.807, 2.05) is 0 Å². The Balaban J connectivity index is 1.56. The molecule has 3 heteroatoms. The topological polar surface area (TPSA) is 17.4 Å². The highest BCUT2D eigenvalue weighted by molar-refractivity contribution is 5.26. The lowest BCUT2D eigenvalue weighted by Crippen LogP contribution is -2.28. The van der Waals surface area contributed by atoms with Gasteiger partial charge in [0, 0.05) is 23.9 Å². The van der Waals surface area contributed by atoms with E-state index in [-0.39, 0.29) is 0 Å². The number of hydroxylamine groups is 2. The van der Waals surface area contributed by atoms with Crippen molar-refractivity contribution in [1.82, 2.24) is 9.63 Å². The van der Waals surface area contributed by atoms with Crippen LogP contribution in [-0.4, -0.2) is 15.7 Å². The normalized spacial score (nSPS) is 34.4. The molecule has 1 aliphatic carbocycles. The van der Waals surface area contributed by atoms with Crippen molar-refractivity contribution in [2.75, 3.05) is 0 Å². The Bertz CT molecular complexity index is 680. The molecular weight excluding hydrogens is 272 g/mol. The van der Waals surface area contributed by atoms with Gasteiger partial charge in [-0.05, 0) is 43.9 Å². The third-order valence-electron chi connectivity index (χ3n) is 5.89. The molecule has 5 rings (SSSR count). The SMILES string of the molecule is C[C@H](c1ccccc1)N1O[C@@H]2CCC[C@H]3[C@@H]2[C@@H]1c1cccn13. The maximum atomic E-state index is 6.46. The summed E-state index contributed by atoms with van der Waals surface area (Å²) >= 11 is 0. The van der Waals surface area contributed by atoms with Gasteiger partial charge in [-0.2, -0.15) is 5.06 Å². The van der Waals surface area contributed by atoms with E-state index >= 15 is 0 Å². The Morgan fingerprint density at radius 3 is 2.82 bits per heavy atom. The predicted molar refractivity (Wildman–Crippen MR) is 85.1 cm³/mol. The fraction of sp³-hybridized carbons (Fsp3) is 0.474. The van der Waals surface area contributed by atoms with Crippen LogP contribution < -0.4 is 0 Å². The summed E-state index contributed by atoms with van der Waals surface area (Å²) in [6.07, 6.45) is 6.46. The molecule has 2 aliphatic heterocycles. The fourth-order valence-electron chi connectivity index (χ4n) is 4.91. The zero-order valence-electron chi connectivity index (χ0n) is 12.9. The lowest BCUT2D eigenvalue weighted by molar-refractivity contribution is -0.193. The van der Waals surface area contributed by atoms with Crippen molar-refractivity contribution in [1.29, 1.82) is 0 Å². The maximum Gasteiger partial charge on any atom is 0.0861 e. The third-order valence-corrected chi connectivity index (χ3v) is 5.89. The van der Waals surface area contributed by atoms with E-state index in [0.29, 0.717) is 30.1 Å². The van der Waals surface area contributed by atoms with Crippen molar-refractivity contribution in [3.63, 3.8) is 0 Å². The molecule has 114 valence electrons. The van der Waals surface area contributed by atoms with Crippen LogP contribution in [0, 0.1) is 5.92 Å². The van der Waals surface area contributed by atoms with Gasteiger partial charge in [-0.25, -0.2) is 0 Å². The zero-order valence-corrected chi connectivity index (χ0v) is 12.9. The Morgan fingerprint density at radius 1 is 1.09 bits per heavy atom. The van der Waals surface area contributed by atoms with Crippen LogP contribution in [0.5, 0.6) is 0 Å². The van der Waals surface area contributed by atoms with Gasteiger partial charge < -0.3 is 4.57 Å². The van der Waals surface area contributed by atoms with Crippen molar-refractivity contribution < 1.29 is 4.84 Å². The summed E-state index contributed by atoms with van der Waals surface area (Å²) < 4.78 is 2.52.